The lowest BCUT2D eigenvalue weighted by Gasteiger charge is -2.13. The van der Waals surface area contributed by atoms with Gasteiger partial charge in [-0.05, 0) is 49.9 Å². The minimum Gasteiger partial charge on any atom is -0.355 e. The van der Waals surface area contributed by atoms with E-state index in [0.717, 1.165) is 29.9 Å². The van der Waals surface area contributed by atoms with Gasteiger partial charge in [0.2, 0.25) is 0 Å². The van der Waals surface area contributed by atoms with Crippen LogP contribution in [-0.2, 0) is 0 Å². The van der Waals surface area contributed by atoms with E-state index in [2.05, 4.69) is 15.8 Å². The lowest BCUT2D eigenvalue weighted by atomic mass is 9.99. The summed E-state index contributed by atoms with van der Waals surface area (Å²) >= 11 is 0. The number of para-hydroxylation sites is 2. The third-order valence-corrected chi connectivity index (χ3v) is 3.97. The van der Waals surface area contributed by atoms with Crippen molar-refractivity contribution in [1.82, 2.24) is 5.43 Å². The number of hydrogen-bond donors (Lipinski definition) is 2. The predicted molar refractivity (Wildman–Crippen MR) is 94.2 cm³/mol. The zero-order chi connectivity index (χ0) is 15.9. The van der Waals surface area contributed by atoms with Crippen LogP contribution in [0.4, 0.5) is 11.4 Å². The Balaban J connectivity index is 1.73. The molecule has 118 valence electrons. The normalized spacial score (nSPS) is 14.2. The van der Waals surface area contributed by atoms with E-state index in [-0.39, 0.29) is 5.91 Å². The van der Waals surface area contributed by atoms with Crippen molar-refractivity contribution in [3.05, 3.63) is 60.2 Å². The highest BCUT2D eigenvalue weighted by Crippen LogP contribution is 2.21. The molecule has 0 radical (unpaired) electrons. The smallest absolute Gasteiger partial charge is 0.273 e. The molecular formula is C19H21N3O. The lowest BCUT2D eigenvalue weighted by molar-refractivity contribution is 0.0955. The van der Waals surface area contributed by atoms with E-state index in [4.69, 9.17) is 0 Å². The Morgan fingerprint density at radius 2 is 1.57 bits per heavy atom. The van der Waals surface area contributed by atoms with Crippen LogP contribution in [0.25, 0.3) is 0 Å². The number of anilines is 2. The zero-order valence-corrected chi connectivity index (χ0v) is 13.1. The number of carbonyl (C=O) groups excluding carboxylic acids is 1. The second-order valence-electron chi connectivity index (χ2n) is 5.72. The minimum absolute atomic E-state index is 0.179. The maximum absolute atomic E-state index is 12.4. The molecule has 0 heterocycles. The van der Waals surface area contributed by atoms with Crippen LogP contribution in [0.3, 0.4) is 0 Å². The molecule has 1 aliphatic carbocycles. The summed E-state index contributed by atoms with van der Waals surface area (Å²) < 4.78 is 0. The second kappa shape index (κ2) is 7.58. The summed E-state index contributed by atoms with van der Waals surface area (Å²) in [5.74, 6) is -0.179. The molecule has 0 aliphatic heterocycles. The van der Waals surface area contributed by atoms with Crippen molar-refractivity contribution in [2.24, 2.45) is 5.10 Å². The van der Waals surface area contributed by atoms with Gasteiger partial charge in [0, 0.05) is 11.4 Å². The molecule has 0 spiro atoms. The minimum atomic E-state index is -0.179. The standard InChI is InChI=1S/C19H21N3O/c23-19(22-21-16-11-5-2-6-12-16)17-13-7-8-14-18(17)20-15-9-3-1-4-10-15/h1,3-4,7-10,13-14,20H,2,5-6,11-12H2,(H,22,23). The highest BCUT2D eigenvalue weighted by molar-refractivity contribution is 6.01. The first-order valence-electron chi connectivity index (χ1n) is 8.10. The van der Waals surface area contributed by atoms with Gasteiger partial charge in [-0.25, -0.2) is 5.43 Å². The zero-order valence-electron chi connectivity index (χ0n) is 13.1. The summed E-state index contributed by atoms with van der Waals surface area (Å²) in [6, 6.07) is 17.3. The summed E-state index contributed by atoms with van der Waals surface area (Å²) in [7, 11) is 0. The van der Waals surface area contributed by atoms with Gasteiger partial charge in [0.15, 0.2) is 0 Å². The van der Waals surface area contributed by atoms with Crippen molar-refractivity contribution in [2.45, 2.75) is 32.1 Å². The Morgan fingerprint density at radius 3 is 2.35 bits per heavy atom. The van der Waals surface area contributed by atoms with Crippen LogP contribution in [0.15, 0.2) is 59.7 Å². The second-order valence-corrected chi connectivity index (χ2v) is 5.72. The first-order chi connectivity index (χ1) is 11.3. The molecule has 0 bridgehead atoms. The monoisotopic (exact) mass is 307 g/mol. The van der Waals surface area contributed by atoms with Gasteiger partial charge in [0.05, 0.1) is 11.3 Å². The lowest BCUT2D eigenvalue weighted by Crippen LogP contribution is -2.21. The van der Waals surface area contributed by atoms with E-state index in [9.17, 15) is 4.79 Å². The van der Waals surface area contributed by atoms with Crippen LogP contribution < -0.4 is 10.7 Å². The van der Waals surface area contributed by atoms with Crippen LogP contribution in [-0.4, -0.2) is 11.6 Å². The third kappa shape index (κ3) is 4.19. The Morgan fingerprint density at radius 1 is 0.870 bits per heavy atom. The predicted octanol–water partition coefficient (Wildman–Crippen LogP) is 4.48. The van der Waals surface area contributed by atoms with Crippen molar-refractivity contribution in [3.8, 4) is 0 Å². The van der Waals surface area contributed by atoms with E-state index in [1.807, 2.05) is 54.6 Å². The molecule has 2 aromatic carbocycles. The van der Waals surface area contributed by atoms with Gasteiger partial charge in [-0.15, -0.1) is 0 Å². The van der Waals surface area contributed by atoms with Crippen LogP contribution in [0.5, 0.6) is 0 Å². The fourth-order valence-corrected chi connectivity index (χ4v) is 2.73. The average molecular weight is 307 g/mol. The number of hydrazone groups is 1. The number of rotatable bonds is 4. The molecule has 1 amide bonds. The van der Waals surface area contributed by atoms with Crippen molar-refractivity contribution >= 4 is 23.0 Å². The van der Waals surface area contributed by atoms with Gasteiger partial charge < -0.3 is 5.32 Å². The molecule has 0 unspecified atom stereocenters. The van der Waals surface area contributed by atoms with E-state index < -0.39 is 0 Å². The van der Waals surface area contributed by atoms with Crippen molar-refractivity contribution < 1.29 is 4.79 Å². The highest BCUT2D eigenvalue weighted by atomic mass is 16.2. The molecule has 1 fully saturated rings. The van der Waals surface area contributed by atoms with Gasteiger partial charge in [0.1, 0.15) is 0 Å². The van der Waals surface area contributed by atoms with Gasteiger partial charge >= 0.3 is 0 Å². The molecule has 2 N–H and O–H groups in total. The number of carbonyl (C=O) groups is 1. The van der Waals surface area contributed by atoms with Crippen molar-refractivity contribution in [3.63, 3.8) is 0 Å². The van der Waals surface area contributed by atoms with Gasteiger partial charge in [-0.3, -0.25) is 4.79 Å². The van der Waals surface area contributed by atoms with E-state index in [1.165, 1.54) is 19.3 Å². The Hall–Kier alpha value is -2.62. The molecule has 2 aromatic rings. The fourth-order valence-electron chi connectivity index (χ4n) is 2.73. The average Bonchev–Trinajstić information content (AvgIpc) is 2.62. The summed E-state index contributed by atoms with van der Waals surface area (Å²) in [5.41, 5.74) is 6.12. The molecule has 1 aliphatic rings. The molecule has 23 heavy (non-hydrogen) atoms. The maximum Gasteiger partial charge on any atom is 0.273 e. The molecule has 0 saturated heterocycles. The Labute approximate surface area is 136 Å². The number of amides is 1. The molecular weight excluding hydrogens is 286 g/mol. The van der Waals surface area contributed by atoms with Crippen LogP contribution in [0.1, 0.15) is 42.5 Å². The summed E-state index contributed by atoms with van der Waals surface area (Å²) in [6.07, 6.45) is 5.58. The molecule has 0 aromatic heterocycles. The van der Waals surface area contributed by atoms with E-state index in [0.29, 0.717) is 5.56 Å². The summed E-state index contributed by atoms with van der Waals surface area (Å²) in [6.45, 7) is 0. The quantitative estimate of drug-likeness (QED) is 0.818. The number of hydrogen-bond acceptors (Lipinski definition) is 3. The first-order valence-corrected chi connectivity index (χ1v) is 8.10. The Kier molecular flexibility index (Phi) is 5.04. The van der Waals surface area contributed by atoms with E-state index >= 15 is 0 Å². The first kappa shape index (κ1) is 15.3. The van der Waals surface area contributed by atoms with Crippen molar-refractivity contribution in [2.75, 3.05) is 5.32 Å². The SMILES string of the molecule is O=C(NN=C1CCCCC1)c1ccccc1Nc1ccccc1. The highest BCUT2D eigenvalue weighted by Gasteiger charge is 2.12. The summed E-state index contributed by atoms with van der Waals surface area (Å²) in [5, 5.41) is 7.58. The van der Waals surface area contributed by atoms with Gasteiger partial charge in [-0.1, -0.05) is 36.8 Å². The molecule has 4 nitrogen and oxygen atoms in total. The maximum atomic E-state index is 12.4. The largest absolute Gasteiger partial charge is 0.355 e. The van der Waals surface area contributed by atoms with Crippen LogP contribution in [0.2, 0.25) is 0 Å². The summed E-state index contributed by atoms with van der Waals surface area (Å²) in [4.78, 5) is 12.4. The van der Waals surface area contributed by atoms with Crippen molar-refractivity contribution in [1.29, 1.82) is 0 Å². The number of benzene rings is 2. The van der Waals surface area contributed by atoms with Crippen LogP contribution >= 0.6 is 0 Å². The molecule has 1 saturated carbocycles. The number of nitrogens with one attached hydrogen (secondary N) is 2. The topological polar surface area (TPSA) is 53.5 Å². The van der Waals surface area contributed by atoms with Crippen LogP contribution in [0, 0.1) is 0 Å². The van der Waals surface area contributed by atoms with Gasteiger partial charge in [0.25, 0.3) is 5.91 Å². The molecule has 0 atom stereocenters. The molecule has 3 rings (SSSR count). The van der Waals surface area contributed by atoms with Gasteiger partial charge in [-0.2, -0.15) is 5.10 Å². The third-order valence-electron chi connectivity index (χ3n) is 3.97. The van der Waals surface area contributed by atoms with E-state index in [1.54, 1.807) is 0 Å². The Bertz CT molecular complexity index is 687. The fraction of sp³-hybridized carbons (Fsp3) is 0.263. The number of nitrogens with zero attached hydrogens (tertiary/aromatic N) is 1. The molecule has 4 heteroatoms.